The van der Waals surface area contributed by atoms with Gasteiger partial charge < -0.3 is 19.8 Å². The quantitative estimate of drug-likeness (QED) is 0.0244. The number of amides is 1. The molecule has 0 saturated heterocycles. The van der Waals surface area contributed by atoms with Crippen LogP contribution >= 0.6 is 7.82 Å². The van der Waals surface area contributed by atoms with Gasteiger partial charge >= 0.3 is 7.82 Å². The van der Waals surface area contributed by atoms with E-state index in [1.165, 1.54) is 128 Å². The summed E-state index contributed by atoms with van der Waals surface area (Å²) in [5, 5.41) is 13.8. The van der Waals surface area contributed by atoms with Crippen LogP contribution in [0.5, 0.6) is 0 Å². The van der Waals surface area contributed by atoms with Gasteiger partial charge in [0.1, 0.15) is 13.2 Å². The van der Waals surface area contributed by atoms with E-state index in [9.17, 15) is 19.4 Å². The van der Waals surface area contributed by atoms with Gasteiger partial charge in [0.2, 0.25) is 5.91 Å². The van der Waals surface area contributed by atoms with Gasteiger partial charge in [-0.2, -0.15) is 0 Å². The smallest absolute Gasteiger partial charge is 0.387 e. The summed E-state index contributed by atoms with van der Waals surface area (Å²) in [7, 11) is 1.54. The lowest BCUT2D eigenvalue weighted by molar-refractivity contribution is -0.870. The summed E-state index contributed by atoms with van der Waals surface area (Å²) >= 11 is 0. The lowest BCUT2D eigenvalue weighted by atomic mass is 10.0. The minimum atomic E-state index is -4.35. The number of allylic oxidation sites excluding steroid dienone is 9. The molecule has 1 amide bonds. The van der Waals surface area contributed by atoms with Crippen LogP contribution in [0.2, 0.25) is 0 Å². The Morgan fingerprint density at radius 3 is 1.44 bits per heavy atom. The van der Waals surface area contributed by atoms with Crippen molar-refractivity contribution in [1.82, 2.24) is 5.32 Å². The molecule has 0 aromatic carbocycles. The Balaban J connectivity index is 4.33. The molecule has 3 atom stereocenters. The van der Waals surface area contributed by atoms with Crippen LogP contribution in [-0.4, -0.2) is 73.4 Å². The van der Waals surface area contributed by atoms with Gasteiger partial charge in [-0.1, -0.05) is 209 Å². The minimum absolute atomic E-state index is 0.0512. The second kappa shape index (κ2) is 43.5. The summed E-state index contributed by atoms with van der Waals surface area (Å²) in [6.45, 7) is 4.67. The highest BCUT2D eigenvalue weighted by molar-refractivity contribution is 7.47. The van der Waals surface area contributed by atoms with Gasteiger partial charge in [0.25, 0.3) is 0 Å². The first kappa shape index (κ1) is 59.2. The Bertz CT molecular complexity index is 1180. The van der Waals surface area contributed by atoms with Crippen LogP contribution in [-0.2, 0) is 18.4 Å². The summed E-state index contributed by atoms with van der Waals surface area (Å²) in [6.07, 6.45) is 57.4. The number of hydrogen-bond acceptors (Lipinski definition) is 5. The van der Waals surface area contributed by atoms with Crippen molar-refractivity contribution in [2.45, 2.75) is 225 Å². The van der Waals surface area contributed by atoms with Crippen LogP contribution in [0.3, 0.4) is 0 Å². The molecule has 0 radical (unpaired) electrons. The third-order valence-electron chi connectivity index (χ3n) is 11.0. The molecule has 3 N–H and O–H groups in total. The Morgan fingerprint density at radius 2 is 0.984 bits per heavy atom. The lowest BCUT2D eigenvalue weighted by Crippen LogP contribution is -2.45. The molecule has 3 unspecified atom stereocenters. The highest BCUT2D eigenvalue weighted by atomic mass is 31.2. The zero-order valence-electron chi connectivity index (χ0n) is 40.4. The van der Waals surface area contributed by atoms with E-state index < -0.39 is 20.0 Å². The monoisotopic (exact) mass is 878 g/mol. The first-order valence-corrected chi connectivity index (χ1v) is 26.7. The number of unbranched alkanes of at least 4 members (excludes halogenated alkanes) is 24. The van der Waals surface area contributed by atoms with Crippen LogP contribution in [0.1, 0.15) is 213 Å². The van der Waals surface area contributed by atoms with E-state index in [2.05, 4.69) is 67.8 Å². The maximum Gasteiger partial charge on any atom is 0.472 e. The fourth-order valence-electron chi connectivity index (χ4n) is 7.03. The molecule has 0 aromatic heterocycles. The van der Waals surface area contributed by atoms with E-state index in [1.807, 2.05) is 27.2 Å². The summed E-state index contributed by atoms with van der Waals surface area (Å²) < 4.78 is 23.6. The Labute approximate surface area is 377 Å². The van der Waals surface area contributed by atoms with Crippen LogP contribution < -0.4 is 5.32 Å². The topological polar surface area (TPSA) is 105 Å². The molecule has 0 heterocycles. The number of aliphatic hydroxyl groups is 1. The van der Waals surface area contributed by atoms with Gasteiger partial charge in [-0.3, -0.25) is 13.8 Å². The number of rotatable bonds is 45. The molecule has 0 saturated carbocycles. The molecule has 0 rings (SSSR count). The number of aliphatic hydroxyl groups excluding tert-OH is 1. The molecule has 0 bridgehead atoms. The number of hydrogen-bond donors (Lipinski definition) is 3. The fraction of sp³-hybridized carbons (Fsp3) is 0.788. The van der Waals surface area contributed by atoms with E-state index in [4.69, 9.17) is 9.05 Å². The molecule has 61 heavy (non-hydrogen) atoms. The molecule has 9 heteroatoms. The molecule has 0 fully saturated rings. The van der Waals surface area contributed by atoms with Crippen LogP contribution in [0, 0.1) is 0 Å². The maximum atomic E-state index is 12.9. The molecular formula is C52H98N2O6P+. The molecule has 0 aliphatic rings. The second-order valence-electron chi connectivity index (χ2n) is 18.2. The van der Waals surface area contributed by atoms with Gasteiger partial charge in [0.05, 0.1) is 39.9 Å². The van der Waals surface area contributed by atoms with Crippen LogP contribution in [0.15, 0.2) is 60.8 Å². The fourth-order valence-corrected chi connectivity index (χ4v) is 7.77. The molecule has 0 spiro atoms. The number of nitrogens with one attached hydrogen (secondary N) is 1. The van der Waals surface area contributed by atoms with Crippen molar-refractivity contribution < 1.29 is 32.9 Å². The highest BCUT2D eigenvalue weighted by Crippen LogP contribution is 2.43. The predicted molar refractivity (Wildman–Crippen MR) is 263 cm³/mol. The zero-order valence-corrected chi connectivity index (χ0v) is 41.3. The standard InChI is InChI=1S/C52H97N2O6P/c1-6-8-10-12-14-16-18-20-22-23-24-25-26-27-28-29-30-32-33-35-37-39-41-43-45-51(55)50(49-60-61(57,58)59-48-47-54(3,4)5)53-52(56)46-44-42-40-38-36-34-31-21-19-17-15-13-11-9-7-2/h9,11,15,17,21,31,36,38,43,45,50-51,55H,6-8,10,12-14,16,18-20,22-30,32-35,37,39-42,44,46-49H2,1-5H3,(H-,53,56,57,58)/p+1/b11-9-,17-15-,31-21-,38-36-,45-43+. The molecule has 8 nitrogen and oxygen atoms in total. The van der Waals surface area contributed by atoms with Crippen molar-refractivity contribution >= 4 is 13.7 Å². The van der Waals surface area contributed by atoms with Gasteiger partial charge in [-0.25, -0.2) is 4.57 Å². The van der Waals surface area contributed by atoms with Gasteiger partial charge in [0.15, 0.2) is 0 Å². The number of carbonyl (C=O) groups excluding carboxylic acids is 1. The average molecular weight is 878 g/mol. The third kappa shape index (κ3) is 46.0. The van der Waals surface area contributed by atoms with Crippen molar-refractivity contribution in [2.75, 3.05) is 40.9 Å². The number of phosphoric ester groups is 1. The lowest BCUT2D eigenvalue weighted by Gasteiger charge is -2.25. The first-order valence-electron chi connectivity index (χ1n) is 25.2. The van der Waals surface area contributed by atoms with E-state index in [1.54, 1.807) is 6.08 Å². The summed E-state index contributed by atoms with van der Waals surface area (Å²) in [5.74, 6) is -0.218. The summed E-state index contributed by atoms with van der Waals surface area (Å²) in [6, 6.07) is -0.870. The predicted octanol–water partition coefficient (Wildman–Crippen LogP) is 14.6. The summed E-state index contributed by atoms with van der Waals surface area (Å²) in [4.78, 5) is 23.2. The number of quaternary nitrogens is 1. The number of carbonyl (C=O) groups is 1. The normalized spacial score (nSPS) is 14.7. The van der Waals surface area contributed by atoms with E-state index in [0.717, 1.165) is 57.8 Å². The minimum Gasteiger partial charge on any atom is -0.387 e. The second-order valence-corrected chi connectivity index (χ2v) is 19.6. The number of likely N-dealkylation sites (N-methyl/N-ethyl adjacent to an activating group) is 1. The summed E-state index contributed by atoms with van der Waals surface area (Å²) in [5.41, 5.74) is 0. The van der Waals surface area contributed by atoms with Gasteiger partial charge in [-0.15, -0.1) is 0 Å². The van der Waals surface area contributed by atoms with Crippen LogP contribution in [0.4, 0.5) is 0 Å². The molecule has 0 aliphatic carbocycles. The maximum absolute atomic E-state index is 12.9. The van der Waals surface area contributed by atoms with Crippen molar-refractivity contribution in [3.8, 4) is 0 Å². The number of phosphoric acid groups is 1. The zero-order chi connectivity index (χ0) is 45.0. The Kier molecular flexibility index (Phi) is 42.2. The van der Waals surface area contributed by atoms with Gasteiger partial charge in [-0.05, 0) is 57.8 Å². The highest BCUT2D eigenvalue weighted by Gasteiger charge is 2.27. The molecule has 0 aromatic rings. The van der Waals surface area contributed by atoms with Crippen LogP contribution in [0.25, 0.3) is 0 Å². The Hall–Kier alpha value is -1.80. The van der Waals surface area contributed by atoms with Crippen molar-refractivity contribution in [3.63, 3.8) is 0 Å². The first-order chi connectivity index (χ1) is 29.5. The van der Waals surface area contributed by atoms with Crippen molar-refractivity contribution in [2.24, 2.45) is 0 Å². The average Bonchev–Trinajstić information content (AvgIpc) is 3.21. The SMILES string of the molecule is CC/C=C\C/C=C\C/C=C\C/C=C\CCCCC(=O)NC(COP(=O)(O)OCC[N+](C)(C)C)C(O)/C=C/CCCCCCCCCCCCCCCCCCCCCCCC. The molecular weight excluding hydrogens is 780 g/mol. The third-order valence-corrected chi connectivity index (χ3v) is 12.0. The molecule has 356 valence electrons. The van der Waals surface area contributed by atoms with E-state index in [-0.39, 0.29) is 19.1 Å². The van der Waals surface area contributed by atoms with E-state index >= 15 is 0 Å². The van der Waals surface area contributed by atoms with Crippen molar-refractivity contribution in [3.05, 3.63) is 60.8 Å². The molecule has 0 aliphatic heterocycles. The largest absolute Gasteiger partial charge is 0.472 e. The Morgan fingerprint density at radius 1 is 0.574 bits per heavy atom. The van der Waals surface area contributed by atoms with E-state index in [0.29, 0.717) is 23.9 Å². The van der Waals surface area contributed by atoms with Gasteiger partial charge in [0, 0.05) is 6.42 Å². The number of nitrogens with zero attached hydrogens (tertiary/aromatic N) is 1. The van der Waals surface area contributed by atoms with Crippen molar-refractivity contribution in [1.29, 1.82) is 0 Å².